The number of hydrogen-bond acceptors (Lipinski definition) is 8. The summed E-state index contributed by atoms with van der Waals surface area (Å²) in [7, 11) is 0. The predicted molar refractivity (Wildman–Crippen MR) is 161 cm³/mol. The molecule has 1 radical (unpaired) electrons. The molecule has 8 nitrogen and oxygen atoms in total. The third kappa shape index (κ3) is 17.6. The zero-order valence-electron chi connectivity index (χ0n) is 25.6. The molecular formula is C33H46CoN2O6. The van der Waals surface area contributed by atoms with Crippen LogP contribution >= 0.6 is 0 Å². The molecule has 0 spiro atoms. The topological polar surface area (TPSA) is 145 Å². The molecule has 0 heterocycles. The largest absolute Gasteiger partial charge is 2.00 e. The third-order valence-corrected chi connectivity index (χ3v) is 6.43. The Bertz CT molecular complexity index is 1070. The summed E-state index contributed by atoms with van der Waals surface area (Å²) >= 11 is 0. The Morgan fingerprint density at radius 2 is 1.12 bits per heavy atom. The first-order chi connectivity index (χ1) is 19.3. The Balaban J connectivity index is 0.00000166. The standard InChI is InChI=1S/C29H40N2O2.2C2H4O2.Co/c1-20(2)5-7-22-9-13-28(32)24(15-22)18-30-26-11-12-27(17-26)31-19-25-16-23(8-6-21(3)4)10-14-29(25)33;2*1-2(3)4;/h9-10,13-16,18-21,26-27,32-33H,5-8,11-12,17H2,1-4H3;2*1H3,(H,3,4);/q;;;+2/p-2. The number of aliphatic carboxylic acids is 2. The van der Waals surface area contributed by atoms with E-state index >= 15 is 0 Å². The van der Waals surface area contributed by atoms with Crippen molar-refractivity contribution in [3.05, 3.63) is 58.7 Å². The van der Waals surface area contributed by atoms with Gasteiger partial charge in [-0.05, 0) is 106 Å². The van der Waals surface area contributed by atoms with E-state index in [0.29, 0.717) is 11.8 Å². The normalized spacial score (nSPS) is 16.1. The fraction of sp³-hybridized carbons (Fsp3) is 0.515. The van der Waals surface area contributed by atoms with E-state index in [0.717, 1.165) is 69.9 Å². The zero-order chi connectivity index (χ0) is 30.9. The van der Waals surface area contributed by atoms with Crippen LogP contribution in [0.4, 0.5) is 0 Å². The number of benzene rings is 2. The summed E-state index contributed by atoms with van der Waals surface area (Å²) in [5.74, 6) is -0.271. The van der Waals surface area contributed by atoms with E-state index in [2.05, 4.69) is 39.8 Å². The number of rotatable bonds is 10. The van der Waals surface area contributed by atoms with Crippen LogP contribution in [0.25, 0.3) is 0 Å². The Morgan fingerprint density at radius 3 is 1.43 bits per heavy atom. The minimum absolute atomic E-state index is 0. The van der Waals surface area contributed by atoms with E-state index < -0.39 is 11.9 Å². The molecule has 0 bridgehead atoms. The number of carbonyl (C=O) groups excluding carboxylic acids is 2. The van der Waals surface area contributed by atoms with E-state index in [1.165, 1.54) is 11.1 Å². The fourth-order valence-corrected chi connectivity index (χ4v) is 4.21. The van der Waals surface area contributed by atoms with Gasteiger partial charge in [0.2, 0.25) is 0 Å². The Labute approximate surface area is 261 Å². The molecule has 2 unspecified atom stereocenters. The first-order valence-electron chi connectivity index (χ1n) is 14.3. The fourth-order valence-electron chi connectivity index (χ4n) is 4.21. The van der Waals surface area contributed by atoms with Crippen LogP contribution in [0.2, 0.25) is 0 Å². The predicted octanol–water partition coefficient (Wildman–Crippen LogP) is 4.24. The van der Waals surface area contributed by atoms with Gasteiger partial charge in [-0.15, -0.1) is 0 Å². The van der Waals surface area contributed by atoms with Crippen LogP contribution in [0.1, 0.15) is 95.9 Å². The minimum atomic E-state index is -1.08. The van der Waals surface area contributed by atoms with Crippen molar-refractivity contribution in [2.75, 3.05) is 0 Å². The second-order valence-electron chi connectivity index (χ2n) is 11.3. The summed E-state index contributed by atoms with van der Waals surface area (Å²) in [5.41, 5.74) is 4.08. The van der Waals surface area contributed by atoms with Gasteiger partial charge in [-0.2, -0.15) is 0 Å². The molecule has 1 saturated carbocycles. The van der Waals surface area contributed by atoms with Crippen LogP contribution < -0.4 is 10.2 Å². The number of aromatic hydroxyl groups is 2. The number of carboxylic acids is 2. The number of carbonyl (C=O) groups is 2. The third-order valence-electron chi connectivity index (χ3n) is 6.43. The van der Waals surface area contributed by atoms with E-state index in [1.807, 2.05) is 24.6 Å². The number of carboxylic acid groups (broad SMARTS) is 2. The van der Waals surface area contributed by atoms with Crippen LogP contribution in [0.5, 0.6) is 11.5 Å². The van der Waals surface area contributed by atoms with Crippen molar-refractivity contribution in [3.63, 3.8) is 0 Å². The van der Waals surface area contributed by atoms with Gasteiger partial charge in [0.1, 0.15) is 11.5 Å². The van der Waals surface area contributed by atoms with E-state index in [-0.39, 0.29) is 40.4 Å². The van der Waals surface area contributed by atoms with Crippen molar-refractivity contribution in [2.45, 2.75) is 98.6 Å². The van der Waals surface area contributed by atoms with Crippen LogP contribution in [-0.4, -0.2) is 46.7 Å². The van der Waals surface area contributed by atoms with E-state index in [1.54, 1.807) is 12.1 Å². The van der Waals surface area contributed by atoms with Gasteiger partial charge in [-0.1, -0.05) is 39.8 Å². The Morgan fingerprint density at radius 1 is 0.786 bits per heavy atom. The average molecular weight is 626 g/mol. The van der Waals surface area contributed by atoms with Gasteiger partial charge in [0.25, 0.3) is 0 Å². The summed E-state index contributed by atoms with van der Waals surface area (Å²) in [5, 5.41) is 38.2. The quantitative estimate of drug-likeness (QED) is 0.378. The van der Waals surface area contributed by atoms with E-state index in [4.69, 9.17) is 29.8 Å². The average Bonchev–Trinajstić information content (AvgIpc) is 3.33. The van der Waals surface area contributed by atoms with Gasteiger partial charge in [0.15, 0.2) is 0 Å². The summed E-state index contributed by atoms with van der Waals surface area (Å²) in [6, 6.07) is 12.1. The van der Waals surface area contributed by atoms with Gasteiger partial charge in [-0.3, -0.25) is 9.98 Å². The monoisotopic (exact) mass is 625 g/mol. The van der Waals surface area contributed by atoms with Crippen LogP contribution in [0, 0.1) is 11.8 Å². The first-order valence-corrected chi connectivity index (χ1v) is 14.3. The van der Waals surface area contributed by atoms with E-state index in [9.17, 15) is 10.2 Å². The number of phenolic OH excluding ortho intramolecular Hbond substituents is 2. The number of aliphatic imine (C=N–C) groups is 2. The summed E-state index contributed by atoms with van der Waals surface area (Å²) in [6.07, 6.45) is 10.9. The van der Waals surface area contributed by atoms with Crippen LogP contribution in [0.3, 0.4) is 0 Å². The molecular weight excluding hydrogens is 579 g/mol. The van der Waals surface area contributed by atoms with Gasteiger partial charge >= 0.3 is 16.8 Å². The van der Waals surface area contributed by atoms with Crippen molar-refractivity contribution in [1.82, 2.24) is 0 Å². The molecule has 9 heteroatoms. The van der Waals surface area contributed by atoms with Crippen molar-refractivity contribution in [2.24, 2.45) is 21.8 Å². The molecule has 0 aromatic heterocycles. The second kappa shape index (κ2) is 20.7. The van der Waals surface area contributed by atoms with Crippen molar-refractivity contribution in [3.8, 4) is 11.5 Å². The molecule has 42 heavy (non-hydrogen) atoms. The maximum atomic E-state index is 10.2. The van der Waals surface area contributed by atoms with Crippen molar-refractivity contribution >= 4 is 24.4 Å². The molecule has 1 fully saturated rings. The van der Waals surface area contributed by atoms with Crippen molar-refractivity contribution in [1.29, 1.82) is 0 Å². The van der Waals surface area contributed by atoms with Gasteiger partial charge in [0.05, 0.1) is 12.1 Å². The SMILES string of the molecule is CC(=O)[O-].CC(=O)[O-].CC(C)CCc1ccc(O)c(C=NC2CCC(N=Cc3cc(CCC(C)C)ccc3O)C2)c1.[Co+2]. The van der Waals surface area contributed by atoms with Gasteiger partial charge < -0.3 is 30.0 Å². The summed E-state index contributed by atoms with van der Waals surface area (Å²) in [4.78, 5) is 27.3. The number of nitrogens with zero attached hydrogens (tertiary/aromatic N) is 2. The van der Waals surface area contributed by atoms with Crippen molar-refractivity contribution < 1.29 is 46.8 Å². The Hall–Kier alpha value is -3.17. The zero-order valence-corrected chi connectivity index (χ0v) is 26.7. The van der Waals surface area contributed by atoms with Gasteiger partial charge in [-0.25, -0.2) is 0 Å². The molecule has 1 aliphatic rings. The van der Waals surface area contributed by atoms with Crippen LogP contribution in [-0.2, 0) is 39.2 Å². The summed E-state index contributed by atoms with van der Waals surface area (Å²) < 4.78 is 0. The molecule has 0 amide bonds. The molecule has 2 atom stereocenters. The number of hydrogen-bond donors (Lipinski definition) is 2. The first kappa shape index (κ1) is 38.8. The van der Waals surface area contributed by atoms with Crippen LogP contribution in [0.15, 0.2) is 46.4 Å². The Kier molecular flexibility index (Phi) is 19.1. The molecule has 233 valence electrons. The van der Waals surface area contributed by atoms with Gasteiger partial charge in [0, 0.05) is 35.5 Å². The second-order valence-corrected chi connectivity index (χ2v) is 11.3. The molecule has 3 rings (SSSR count). The smallest absolute Gasteiger partial charge is 0.550 e. The molecule has 0 saturated heterocycles. The maximum Gasteiger partial charge on any atom is 2.00 e. The molecule has 1 aliphatic carbocycles. The molecule has 2 aromatic rings. The number of phenols is 2. The molecule has 2 N–H and O–H groups in total. The molecule has 0 aliphatic heterocycles. The minimum Gasteiger partial charge on any atom is -0.550 e. The molecule has 2 aromatic carbocycles. The summed E-state index contributed by atoms with van der Waals surface area (Å²) in [6.45, 7) is 10.9. The maximum absolute atomic E-state index is 10.2. The number of aryl methyl sites for hydroxylation is 2.